The molecule has 3 N–H and O–H groups in total. The van der Waals surface area contributed by atoms with Crippen LogP contribution in [0.2, 0.25) is 0 Å². The lowest BCUT2D eigenvalue weighted by Crippen LogP contribution is -2.52. The molecule has 1 atom stereocenters. The summed E-state index contributed by atoms with van der Waals surface area (Å²) in [5.41, 5.74) is 4.99. The summed E-state index contributed by atoms with van der Waals surface area (Å²) >= 11 is 1.28. The number of carbonyl (C=O) groups is 2. The molecule has 1 unspecified atom stereocenters. The van der Waals surface area contributed by atoms with Gasteiger partial charge in [0.2, 0.25) is 11.8 Å². The van der Waals surface area contributed by atoms with Crippen molar-refractivity contribution in [3.05, 3.63) is 0 Å². The minimum absolute atomic E-state index is 0.0928. The molecular weight excluding hydrogens is 214 g/mol. The van der Waals surface area contributed by atoms with Crippen molar-refractivity contribution in [1.29, 1.82) is 0 Å². The Kier molecular flexibility index (Phi) is 4.90. The van der Waals surface area contributed by atoms with Gasteiger partial charge in [-0.25, -0.2) is 0 Å². The predicted molar refractivity (Wildman–Crippen MR) is 60.6 cm³/mol. The molecule has 1 fully saturated rings. The second-order valence-corrected chi connectivity index (χ2v) is 4.58. The number of thioether (sulfide) groups is 1. The minimum Gasteiger partial charge on any atom is -0.369 e. The van der Waals surface area contributed by atoms with Gasteiger partial charge in [0, 0.05) is 25.7 Å². The van der Waals surface area contributed by atoms with Crippen LogP contribution in [0, 0.1) is 0 Å². The molecule has 5 nitrogen and oxygen atoms in total. The van der Waals surface area contributed by atoms with Crippen molar-refractivity contribution in [3.63, 3.8) is 0 Å². The van der Waals surface area contributed by atoms with Crippen molar-refractivity contribution in [1.82, 2.24) is 10.2 Å². The number of hydrogen-bond acceptors (Lipinski definition) is 4. The monoisotopic (exact) mass is 231 g/mol. The van der Waals surface area contributed by atoms with Crippen LogP contribution in [0.15, 0.2) is 0 Å². The summed E-state index contributed by atoms with van der Waals surface area (Å²) in [7, 11) is 0. The maximum Gasteiger partial charge on any atom is 0.232 e. The van der Waals surface area contributed by atoms with Gasteiger partial charge in [-0.1, -0.05) is 0 Å². The van der Waals surface area contributed by atoms with Gasteiger partial charge < -0.3 is 16.0 Å². The lowest BCUT2D eigenvalue weighted by molar-refractivity contribution is -0.131. The number of nitrogens with one attached hydrogen (secondary N) is 1. The molecule has 1 saturated heterocycles. The third kappa shape index (κ3) is 4.09. The topological polar surface area (TPSA) is 75.4 Å². The number of hydrogen-bond donors (Lipinski definition) is 2. The highest BCUT2D eigenvalue weighted by atomic mass is 32.2. The summed E-state index contributed by atoms with van der Waals surface area (Å²) < 4.78 is 0. The molecule has 0 spiro atoms. The smallest absolute Gasteiger partial charge is 0.232 e. The molecule has 0 aromatic carbocycles. The molecule has 86 valence electrons. The van der Waals surface area contributed by atoms with E-state index < -0.39 is 0 Å². The Balaban J connectivity index is 2.29. The number of primary amides is 1. The quantitative estimate of drug-likeness (QED) is 0.652. The highest BCUT2D eigenvalue weighted by Crippen LogP contribution is 2.07. The van der Waals surface area contributed by atoms with Crippen molar-refractivity contribution < 1.29 is 9.59 Å². The van der Waals surface area contributed by atoms with Crippen molar-refractivity contribution in [3.8, 4) is 0 Å². The van der Waals surface area contributed by atoms with E-state index in [2.05, 4.69) is 5.32 Å². The highest BCUT2D eigenvalue weighted by molar-refractivity contribution is 8.00. The fourth-order valence-electron chi connectivity index (χ4n) is 1.53. The lowest BCUT2D eigenvalue weighted by atomic mass is 10.2. The Morgan fingerprint density at radius 3 is 2.87 bits per heavy atom. The Morgan fingerprint density at radius 1 is 1.53 bits per heavy atom. The molecule has 1 aliphatic heterocycles. The first-order valence-corrected chi connectivity index (χ1v) is 6.13. The first-order chi connectivity index (χ1) is 7.11. The van der Waals surface area contributed by atoms with Gasteiger partial charge in [-0.05, 0) is 6.92 Å². The summed E-state index contributed by atoms with van der Waals surface area (Å²) in [5.74, 6) is 0.274. The molecule has 0 aliphatic carbocycles. The fraction of sp³-hybridized carbons (Fsp3) is 0.778. The third-order valence-electron chi connectivity index (χ3n) is 2.29. The number of piperazine rings is 1. The number of carbonyl (C=O) groups excluding carboxylic acids is 2. The van der Waals surface area contributed by atoms with Crippen molar-refractivity contribution in [2.75, 3.05) is 31.1 Å². The Morgan fingerprint density at radius 2 is 2.27 bits per heavy atom. The summed E-state index contributed by atoms with van der Waals surface area (Å²) in [6, 6.07) is 0.237. The molecule has 15 heavy (non-hydrogen) atoms. The molecular formula is C9H17N3O2S. The van der Waals surface area contributed by atoms with Gasteiger partial charge in [0.15, 0.2) is 0 Å². The molecule has 1 rings (SSSR count). The third-order valence-corrected chi connectivity index (χ3v) is 3.23. The van der Waals surface area contributed by atoms with Gasteiger partial charge in [0.25, 0.3) is 0 Å². The number of amides is 2. The SMILES string of the molecule is CC1CNCCN1C(=O)CSCC(N)=O. The van der Waals surface area contributed by atoms with Crippen molar-refractivity contribution in [2.45, 2.75) is 13.0 Å². The van der Waals surface area contributed by atoms with E-state index in [1.807, 2.05) is 11.8 Å². The molecule has 6 heteroatoms. The van der Waals surface area contributed by atoms with Crippen LogP contribution >= 0.6 is 11.8 Å². The highest BCUT2D eigenvalue weighted by Gasteiger charge is 2.22. The average molecular weight is 231 g/mol. The Bertz CT molecular complexity index is 248. The van der Waals surface area contributed by atoms with Crippen LogP contribution in [-0.2, 0) is 9.59 Å². The summed E-state index contributed by atoms with van der Waals surface area (Å²) in [6.07, 6.45) is 0. The molecule has 0 aromatic heterocycles. The van der Waals surface area contributed by atoms with Crippen LogP contribution in [0.4, 0.5) is 0 Å². The van der Waals surface area contributed by atoms with Crippen LogP contribution < -0.4 is 11.1 Å². The van der Waals surface area contributed by atoms with Crippen LogP contribution in [0.25, 0.3) is 0 Å². The van der Waals surface area contributed by atoms with Gasteiger partial charge in [0.1, 0.15) is 0 Å². The minimum atomic E-state index is -0.374. The lowest BCUT2D eigenvalue weighted by Gasteiger charge is -2.33. The van der Waals surface area contributed by atoms with Gasteiger partial charge in [-0.3, -0.25) is 9.59 Å². The number of rotatable bonds is 4. The normalized spacial score (nSPS) is 21.4. The molecule has 1 aliphatic rings. The van der Waals surface area contributed by atoms with Crippen LogP contribution in [0.3, 0.4) is 0 Å². The summed E-state index contributed by atoms with van der Waals surface area (Å²) in [4.78, 5) is 24.1. The maximum absolute atomic E-state index is 11.7. The van der Waals surface area contributed by atoms with E-state index in [-0.39, 0.29) is 23.6 Å². The molecule has 0 aromatic rings. The van der Waals surface area contributed by atoms with Gasteiger partial charge >= 0.3 is 0 Å². The van der Waals surface area contributed by atoms with Crippen LogP contribution in [-0.4, -0.2) is 53.9 Å². The van der Waals surface area contributed by atoms with E-state index in [1.165, 1.54) is 11.8 Å². The Labute approximate surface area is 93.7 Å². The van der Waals surface area contributed by atoms with E-state index >= 15 is 0 Å². The maximum atomic E-state index is 11.7. The zero-order chi connectivity index (χ0) is 11.3. The van der Waals surface area contributed by atoms with Crippen LogP contribution in [0.1, 0.15) is 6.92 Å². The second kappa shape index (κ2) is 5.97. The number of nitrogens with zero attached hydrogens (tertiary/aromatic N) is 1. The van der Waals surface area contributed by atoms with Crippen molar-refractivity contribution >= 4 is 23.6 Å². The second-order valence-electron chi connectivity index (χ2n) is 3.60. The Hall–Kier alpha value is -0.750. The van der Waals surface area contributed by atoms with E-state index in [0.717, 1.165) is 19.6 Å². The molecule has 2 amide bonds. The van der Waals surface area contributed by atoms with Gasteiger partial charge in [0.05, 0.1) is 11.5 Å². The van der Waals surface area contributed by atoms with Gasteiger partial charge in [-0.2, -0.15) is 0 Å². The molecule has 1 heterocycles. The van der Waals surface area contributed by atoms with Crippen molar-refractivity contribution in [2.24, 2.45) is 5.73 Å². The van der Waals surface area contributed by atoms with E-state index in [4.69, 9.17) is 5.73 Å². The standard InChI is InChI=1S/C9H17N3O2S/c1-7-4-11-2-3-12(7)9(14)6-15-5-8(10)13/h7,11H,2-6H2,1H3,(H2,10,13). The zero-order valence-electron chi connectivity index (χ0n) is 8.86. The zero-order valence-corrected chi connectivity index (χ0v) is 9.68. The first kappa shape index (κ1) is 12.3. The predicted octanol–water partition coefficient (Wildman–Crippen LogP) is -0.975. The average Bonchev–Trinajstić information content (AvgIpc) is 2.17. The van der Waals surface area contributed by atoms with E-state index in [1.54, 1.807) is 0 Å². The van der Waals surface area contributed by atoms with Gasteiger partial charge in [-0.15, -0.1) is 11.8 Å². The van der Waals surface area contributed by atoms with E-state index in [0.29, 0.717) is 5.75 Å². The molecule has 0 bridgehead atoms. The van der Waals surface area contributed by atoms with E-state index in [9.17, 15) is 9.59 Å². The largest absolute Gasteiger partial charge is 0.369 e. The first-order valence-electron chi connectivity index (χ1n) is 4.97. The summed E-state index contributed by atoms with van der Waals surface area (Å²) in [6.45, 7) is 4.45. The number of nitrogens with two attached hydrogens (primary N) is 1. The molecule has 0 radical (unpaired) electrons. The van der Waals surface area contributed by atoms with Crippen LogP contribution in [0.5, 0.6) is 0 Å². The molecule has 0 saturated carbocycles. The summed E-state index contributed by atoms with van der Waals surface area (Å²) in [5, 5.41) is 3.22. The fourth-order valence-corrected chi connectivity index (χ4v) is 2.18.